The quantitative estimate of drug-likeness (QED) is 0.903. The second-order valence-electron chi connectivity index (χ2n) is 4.37. The van der Waals surface area contributed by atoms with E-state index in [0.717, 1.165) is 17.9 Å². The van der Waals surface area contributed by atoms with E-state index in [0.29, 0.717) is 12.0 Å². The Morgan fingerprint density at radius 2 is 2.17 bits per heavy atom. The third-order valence-electron chi connectivity index (χ3n) is 2.92. The van der Waals surface area contributed by atoms with Crippen LogP contribution in [0.1, 0.15) is 30.0 Å². The number of halogens is 1. The number of aliphatic hydroxyl groups is 1. The average molecular weight is 248 g/mol. The number of hydrogen-bond acceptors (Lipinski definition) is 2. The fraction of sp³-hybridized carbons (Fsp3) is 0.357. The van der Waals surface area contributed by atoms with Gasteiger partial charge in [0.2, 0.25) is 0 Å². The first kappa shape index (κ1) is 12.8. The molecule has 0 fully saturated rings. The maximum Gasteiger partial charge on any atom is 0.123 e. The smallest absolute Gasteiger partial charge is 0.123 e. The summed E-state index contributed by atoms with van der Waals surface area (Å²) in [6.07, 6.45) is -0.264. The lowest BCUT2D eigenvalue weighted by atomic mass is 10.0. The van der Waals surface area contributed by atoms with Crippen molar-refractivity contribution in [3.63, 3.8) is 0 Å². The topological polar surface area (TPSA) is 38.0 Å². The van der Waals surface area contributed by atoms with Gasteiger partial charge in [-0.2, -0.15) is 5.10 Å². The molecule has 96 valence electrons. The van der Waals surface area contributed by atoms with Gasteiger partial charge >= 0.3 is 0 Å². The summed E-state index contributed by atoms with van der Waals surface area (Å²) in [7, 11) is 0. The Bertz CT molecular complexity index is 536. The summed E-state index contributed by atoms with van der Waals surface area (Å²) >= 11 is 0. The minimum absolute atomic E-state index is 0.327. The number of nitrogens with zero attached hydrogens (tertiary/aromatic N) is 2. The fourth-order valence-corrected chi connectivity index (χ4v) is 2.07. The minimum atomic E-state index is -0.706. The van der Waals surface area contributed by atoms with Crippen LogP contribution in [0.4, 0.5) is 4.39 Å². The molecule has 1 N–H and O–H groups in total. The normalized spacial score (nSPS) is 12.7. The van der Waals surface area contributed by atoms with E-state index in [2.05, 4.69) is 5.10 Å². The molecule has 0 aliphatic heterocycles. The van der Waals surface area contributed by atoms with Crippen molar-refractivity contribution in [2.45, 2.75) is 32.9 Å². The van der Waals surface area contributed by atoms with E-state index in [1.54, 1.807) is 12.1 Å². The molecule has 2 rings (SSSR count). The molecule has 0 radical (unpaired) electrons. The maximum absolute atomic E-state index is 13.1. The number of aromatic nitrogens is 2. The van der Waals surface area contributed by atoms with Gasteiger partial charge in [-0.1, -0.05) is 12.1 Å². The predicted octanol–water partition coefficient (Wildman–Crippen LogP) is 2.63. The predicted molar refractivity (Wildman–Crippen MR) is 67.7 cm³/mol. The van der Waals surface area contributed by atoms with E-state index in [1.807, 2.05) is 24.6 Å². The maximum atomic E-state index is 13.1. The highest BCUT2D eigenvalue weighted by Gasteiger charge is 2.13. The number of benzene rings is 1. The van der Waals surface area contributed by atoms with Crippen LogP contribution in [0.5, 0.6) is 0 Å². The van der Waals surface area contributed by atoms with Gasteiger partial charge < -0.3 is 5.11 Å². The fourth-order valence-electron chi connectivity index (χ4n) is 2.07. The molecule has 2 aromatic rings. The van der Waals surface area contributed by atoms with Crippen molar-refractivity contribution < 1.29 is 9.50 Å². The van der Waals surface area contributed by atoms with E-state index >= 15 is 0 Å². The number of aryl methyl sites for hydroxylation is 2. The molecule has 0 bridgehead atoms. The first-order chi connectivity index (χ1) is 8.60. The van der Waals surface area contributed by atoms with Gasteiger partial charge in [-0.05, 0) is 37.6 Å². The van der Waals surface area contributed by atoms with Gasteiger partial charge in [0, 0.05) is 18.7 Å². The van der Waals surface area contributed by atoms with Gasteiger partial charge in [0.05, 0.1) is 11.8 Å². The van der Waals surface area contributed by atoms with Crippen molar-refractivity contribution in [3.8, 4) is 0 Å². The SMILES string of the molecule is CCn1nc(C)cc1CC(O)c1cccc(F)c1. The highest BCUT2D eigenvalue weighted by Crippen LogP contribution is 2.19. The van der Waals surface area contributed by atoms with Crippen LogP contribution in [0, 0.1) is 12.7 Å². The second kappa shape index (κ2) is 5.31. The summed E-state index contributed by atoms with van der Waals surface area (Å²) in [5, 5.41) is 14.4. The highest BCUT2D eigenvalue weighted by atomic mass is 19.1. The van der Waals surface area contributed by atoms with Gasteiger partial charge in [-0.25, -0.2) is 4.39 Å². The third kappa shape index (κ3) is 2.76. The molecule has 0 spiro atoms. The Labute approximate surface area is 106 Å². The highest BCUT2D eigenvalue weighted by molar-refractivity contribution is 5.21. The molecule has 1 heterocycles. The van der Waals surface area contributed by atoms with Gasteiger partial charge in [0.15, 0.2) is 0 Å². The van der Waals surface area contributed by atoms with Crippen LogP contribution in [0.3, 0.4) is 0 Å². The largest absolute Gasteiger partial charge is 0.388 e. The monoisotopic (exact) mass is 248 g/mol. The van der Waals surface area contributed by atoms with E-state index in [-0.39, 0.29) is 5.82 Å². The van der Waals surface area contributed by atoms with Crippen molar-refractivity contribution >= 4 is 0 Å². The Hall–Kier alpha value is -1.68. The third-order valence-corrected chi connectivity index (χ3v) is 2.92. The summed E-state index contributed by atoms with van der Waals surface area (Å²) in [4.78, 5) is 0. The van der Waals surface area contributed by atoms with Crippen molar-refractivity contribution in [2.24, 2.45) is 0 Å². The van der Waals surface area contributed by atoms with Crippen molar-refractivity contribution in [1.29, 1.82) is 0 Å². The molecule has 0 aliphatic carbocycles. The summed E-state index contributed by atoms with van der Waals surface area (Å²) < 4.78 is 14.9. The Balaban J connectivity index is 2.18. The molecule has 0 aliphatic rings. The second-order valence-corrected chi connectivity index (χ2v) is 4.37. The molecule has 1 atom stereocenters. The molecule has 1 aromatic heterocycles. The standard InChI is InChI=1S/C14H17FN2O/c1-3-17-13(7-10(2)16-17)9-14(18)11-5-4-6-12(15)8-11/h4-8,14,18H,3,9H2,1-2H3. The minimum Gasteiger partial charge on any atom is -0.388 e. The molecular weight excluding hydrogens is 231 g/mol. The molecule has 3 nitrogen and oxygen atoms in total. The van der Waals surface area contributed by atoms with E-state index in [4.69, 9.17) is 0 Å². The molecule has 0 saturated carbocycles. The van der Waals surface area contributed by atoms with Crippen LogP contribution in [-0.4, -0.2) is 14.9 Å². The summed E-state index contributed by atoms with van der Waals surface area (Å²) in [5.74, 6) is -0.327. The van der Waals surface area contributed by atoms with Gasteiger partial charge in [-0.3, -0.25) is 4.68 Å². The zero-order valence-corrected chi connectivity index (χ0v) is 10.6. The number of aliphatic hydroxyl groups excluding tert-OH is 1. The van der Waals surface area contributed by atoms with Crippen LogP contribution in [0.2, 0.25) is 0 Å². The molecular formula is C14H17FN2O. The lowest BCUT2D eigenvalue weighted by molar-refractivity contribution is 0.175. The first-order valence-corrected chi connectivity index (χ1v) is 6.07. The molecule has 0 saturated heterocycles. The number of hydrogen-bond donors (Lipinski definition) is 1. The van der Waals surface area contributed by atoms with Crippen LogP contribution in [-0.2, 0) is 13.0 Å². The molecule has 1 aromatic carbocycles. The zero-order chi connectivity index (χ0) is 13.1. The van der Waals surface area contributed by atoms with Crippen molar-refractivity contribution in [1.82, 2.24) is 9.78 Å². The lowest BCUT2D eigenvalue weighted by Crippen LogP contribution is -2.08. The average Bonchev–Trinajstić information content (AvgIpc) is 2.69. The van der Waals surface area contributed by atoms with E-state index < -0.39 is 6.10 Å². The summed E-state index contributed by atoms with van der Waals surface area (Å²) in [6.45, 7) is 4.69. The molecule has 0 amide bonds. The number of rotatable bonds is 4. The van der Waals surface area contributed by atoms with Gasteiger partial charge in [0.1, 0.15) is 5.82 Å². The first-order valence-electron chi connectivity index (χ1n) is 6.07. The Morgan fingerprint density at radius 1 is 1.39 bits per heavy atom. The van der Waals surface area contributed by atoms with Crippen molar-refractivity contribution in [2.75, 3.05) is 0 Å². The zero-order valence-electron chi connectivity index (χ0n) is 10.6. The van der Waals surface area contributed by atoms with Crippen LogP contribution in [0.15, 0.2) is 30.3 Å². The lowest BCUT2D eigenvalue weighted by Gasteiger charge is -2.12. The molecule has 1 unspecified atom stereocenters. The van der Waals surface area contributed by atoms with E-state index in [1.165, 1.54) is 12.1 Å². The van der Waals surface area contributed by atoms with E-state index in [9.17, 15) is 9.50 Å². The summed E-state index contributed by atoms with van der Waals surface area (Å²) in [6, 6.07) is 8.02. The Morgan fingerprint density at radius 3 is 2.83 bits per heavy atom. The van der Waals surface area contributed by atoms with Gasteiger partial charge in [0.25, 0.3) is 0 Å². The summed E-state index contributed by atoms with van der Waals surface area (Å²) in [5.41, 5.74) is 2.49. The van der Waals surface area contributed by atoms with Gasteiger partial charge in [-0.15, -0.1) is 0 Å². The van der Waals surface area contributed by atoms with Crippen molar-refractivity contribution in [3.05, 3.63) is 53.1 Å². The van der Waals surface area contributed by atoms with Crippen LogP contribution < -0.4 is 0 Å². The molecule has 4 heteroatoms. The van der Waals surface area contributed by atoms with Crippen LogP contribution >= 0.6 is 0 Å². The molecule has 18 heavy (non-hydrogen) atoms. The van der Waals surface area contributed by atoms with Crippen LogP contribution in [0.25, 0.3) is 0 Å². The Kier molecular flexibility index (Phi) is 3.77.